The molecule has 0 aliphatic heterocycles. The third-order valence-corrected chi connectivity index (χ3v) is 5.47. The van der Waals surface area contributed by atoms with E-state index in [0.29, 0.717) is 4.05 Å². The van der Waals surface area contributed by atoms with Crippen LogP contribution in [0, 0.1) is 5.92 Å². The van der Waals surface area contributed by atoms with Crippen LogP contribution in [0.5, 0.6) is 0 Å². The van der Waals surface area contributed by atoms with Gasteiger partial charge in [0.1, 0.15) is 0 Å². The molecule has 0 rings (SSSR count). The van der Waals surface area contributed by atoms with Crippen molar-refractivity contribution in [1.29, 1.82) is 0 Å². The molecule has 0 aliphatic carbocycles. The monoisotopic (exact) mass is 381 g/mol. The molecule has 0 saturated heterocycles. The van der Waals surface area contributed by atoms with Crippen molar-refractivity contribution in [2.75, 3.05) is 20.1 Å². The van der Waals surface area contributed by atoms with Gasteiger partial charge in [0, 0.05) is 13.6 Å². The van der Waals surface area contributed by atoms with Crippen molar-refractivity contribution in [3.63, 3.8) is 0 Å². The molecular weight excluding hydrogens is 349 g/mol. The number of hydrazone groups is 1. The summed E-state index contributed by atoms with van der Waals surface area (Å²) in [6.45, 7) is 11.1. The number of rotatable bonds is 11. The number of halogens is 1. The first-order valence-electron chi connectivity index (χ1n) is 7.74. The lowest BCUT2D eigenvalue weighted by molar-refractivity contribution is 0.238. The molecule has 114 valence electrons. The second-order valence-corrected chi connectivity index (χ2v) is 6.28. The van der Waals surface area contributed by atoms with Gasteiger partial charge < -0.3 is 5.43 Å². The highest BCUT2D eigenvalue weighted by atomic mass is 127. The molecule has 4 heteroatoms. The molecule has 0 aliphatic rings. The van der Waals surface area contributed by atoms with E-state index in [9.17, 15) is 0 Å². The van der Waals surface area contributed by atoms with E-state index < -0.39 is 0 Å². The van der Waals surface area contributed by atoms with Crippen LogP contribution in [-0.2, 0) is 0 Å². The highest BCUT2D eigenvalue weighted by Crippen LogP contribution is 2.26. The van der Waals surface area contributed by atoms with Crippen molar-refractivity contribution >= 4 is 28.3 Å². The summed E-state index contributed by atoms with van der Waals surface area (Å²) < 4.78 is 0.618. The Hall–Kier alpha value is 0.160. The van der Waals surface area contributed by atoms with Gasteiger partial charge in [-0.2, -0.15) is 5.10 Å². The second kappa shape index (κ2) is 11.9. The normalized spacial score (nSPS) is 15.6. The predicted molar refractivity (Wildman–Crippen MR) is 95.1 cm³/mol. The lowest BCUT2D eigenvalue weighted by atomic mass is 9.98. The van der Waals surface area contributed by atoms with Crippen LogP contribution >= 0.6 is 22.6 Å². The van der Waals surface area contributed by atoms with E-state index in [0.717, 1.165) is 25.4 Å². The molecule has 3 nitrogen and oxygen atoms in total. The van der Waals surface area contributed by atoms with Gasteiger partial charge in [0.05, 0.1) is 9.76 Å². The molecule has 0 spiro atoms. The molecule has 0 amide bonds. The molecule has 0 heterocycles. The van der Waals surface area contributed by atoms with E-state index >= 15 is 0 Å². The van der Waals surface area contributed by atoms with Crippen molar-refractivity contribution in [2.45, 2.75) is 63.8 Å². The maximum Gasteiger partial charge on any atom is 0.0650 e. The number of nitrogens with zero attached hydrogens (tertiary/aromatic N) is 2. The number of alkyl halides is 1. The quantitative estimate of drug-likeness (QED) is 0.190. The summed E-state index contributed by atoms with van der Waals surface area (Å²) in [6.07, 6.45) is 6.29. The molecule has 0 bridgehead atoms. The summed E-state index contributed by atoms with van der Waals surface area (Å²) in [4.78, 5) is 2.56. The Morgan fingerprint density at radius 3 is 2.37 bits per heavy atom. The third-order valence-electron chi connectivity index (χ3n) is 3.66. The maximum atomic E-state index is 4.38. The lowest BCUT2D eigenvalue weighted by Gasteiger charge is -2.32. The van der Waals surface area contributed by atoms with Gasteiger partial charge in [-0.25, -0.2) is 0 Å². The minimum absolute atomic E-state index is 0.618. The van der Waals surface area contributed by atoms with Gasteiger partial charge in [-0.15, -0.1) is 0 Å². The Bertz CT molecular complexity index is 244. The zero-order valence-corrected chi connectivity index (χ0v) is 15.5. The van der Waals surface area contributed by atoms with Gasteiger partial charge in [-0.1, -0.05) is 69.5 Å². The van der Waals surface area contributed by atoms with Crippen molar-refractivity contribution in [3.8, 4) is 0 Å². The van der Waals surface area contributed by atoms with Crippen LogP contribution in [0.25, 0.3) is 0 Å². The Balaban J connectivity index is 4.58. The van der Waals surface area contributed by atoms with Crippen LogP contribution in [0.15, 0.2) is 5.10 Å². The molecule has 0 saturated carbocycles. The second-order valence-electron chi connectivity index (χ2n) is 5.00. The van der Waals surface area contributed by atoms with Crippen LogP contribution in [0.1, 0.15) is 59.8 Å². The number of hydrogen-bond acceptors (Lipinski definition) is 3. The van der Waals surface area contributed by atoms with E-state index in [2.05, 4.69) is 65.7 Å². The van der Waals surface area contributed by atoms with Crippen molar-refractivity contribution < 1.29 is 0 Å². The minimum atomic E-state index is 0.618. The fraction of sp³-hybridized carbons (Fsp3) is 0.933. The Labute approximate surface area is 133 Å². The summed E-state index contributed by atoms with van der Waals surface area (Å²) >= 11 is 2.63. The topological polar surface area (TPSA) is 27.6 Å². The first kappa shape index (κ1) is 19.2. The zero-order valence-electron chi connectivity index (χ0n) is 13.4. The van der Waals surface area contributed by atoms with Gasteiger partial charge in [-0.3, -0.25) is 4.90 Å². The molecule has 19 heavy (non-hydrogen) atoms. The fourth-order valence-corrected chi connectivity index (χ4v) is 3.75. The first-order chi connectivity index (χ1) is 9.14. The van der Waals surface area contributed by atoms with E-state index in [1.165, 1.54) is 31.4 Å². The van der Waals surface area contributed by atoms with Crippen molar-refractivity contribution in [1.82, 2.24) is 10.3 Å². The number of nitrogens with one attached hydrogen (secondary N) is 1. The van der Waals surface area contributed by atoms with Gasteiger partial charge in [0.2, 0.25) is 0 Å². The lowest BCUT2D eigenvalue weighted by Crippen LogP contribution is -2.39. The summed E-state index contributed by atoms with van der Waals surface area (Å²) in [5.74, 6) is 0.799. The SMILES string of the molecule is CCCCC(CC)C(I)N(CC)C/C(CC)=N\NC. The highest BCUT2D eigenvalue weighted by Gasteiger charge is 2.23. The molecule has 0 fully saturated rings. The first-order valence-corrected chi connectivity index (χ1v) is 8.99. The van der Waals surface area contributed by atoms with E-state index in [4.69, 9.17) is 0 Å². The van der Waals surface area contributed by atoms with Gasteiger partial charge in [0.25, 0.3) is 0 Å². The van der Waals surface area contributed by atoms with Gasteiger partial charge in [0.15, 0.2) is 0 Å². The van der Waals surface area contributed by atoms with E-state index in [1.807, 2.05) is 7.05 Å². The smallest absolute Gasteiger partial charge is 0.0650 e. The third kappa shape index (κ3) is 7.49. The van der Waals surface area contributed by atoms with Gasteiger partial charge in [-0.05, 0) is 25.3 Å². The fourth-order valence-electron chi connectivity index (χ4n) is 2.29. The summed E-state index contributed by atoms with van der Waals surface area (Å²) in [5, 5.41) is 4.38. The molecule has 0 aromatic carbocycles. The minimum Gasteiger partial charge on any atom is -0.313 e. The highest BCUT2D eigenvalue weighted by molar-refractivity contribution is 14.1. The average molecular weight is 381 g/mol. The van der Waals surface area contributed by atoms with Crippen LogP contribution in [0.3, 0.4) is 0 Å². The molecule has 0 radical (unpaired) electrons. The largest absolute Gasteiger partial charge is 0.313 e. The molecule has 1 N–H and O–H groups in total. The predicted octanol–water partition coefficient (Wildman–Crippen LogP) is 4.27. The number of unbranched alkanes of at least 4 members (excludes halogenated alkanes) is 1. The molecule has 2 unspecified atom stereocenters. The number of hydrogen-bond donors (Lipinski definition) is 1. The standard InChI is InChI=1S/C15H32IN3/c1-6-10-11-13(7-2)15(16)19(9-4)12-14(8-3)18-17-5/h13,15,17H,6-12H2,1-5H3/b18-14-. The Morgan fingerprint density at radius 2 is 1.95 bits per heavy atom. The summed E-state index contributed by atoms with van der Waals surface area (Å²) in [7, 11) is 1.88. The van der Waals surface area contributed by atoms with Crippen molar-refractivity contribution in [2.24, 2.45) is 11.0 Å². The maximum absolute atomic E-state index is 4.38. The van der Waals surface area contributed by atoms with Crippen LogP contribution in [0.4, 0.5) is 0 Å². The molecule has 0 aromatic heterocycles. The van der Waals surface area contributed by atoms with Gasteiger partial charge >= 0.3 is 0 Å². The van der Waals surface area contributed by atoms with Crippen LogP contribution in [-0.4, -0.2) is 34.8 Å². The zero-order chi connectivity index (χ0) is 14.7. The molecular formula is C15H32IN3. The Morgan fingerprint density at radius 1 is 1.26 bits per heavy atom. The molecule has 2 atom stereocenters. The Kier molecular flexibility index (Phi) is 12.0. The van der Waals surface area contributed by atoms with Crippen molar-refractivity contribution in [3.05, 3.63) is 0 Å². The summed E-state index contributed by atoms with van der Waals surface area (Å²) in [5.41, 5.74) is 4.17. The van der Waals surface area contributed by atoms with Crippen LogP contribution < -0.4 is 5.43 Å². The summed E-state index contributed by atoms with van der Waals surface area (Å²) in [6, 6.07) is 0. The van der Waals surface area contributed by atoms with E-state index in [1.54, 1.807) is 0 Å². The molecule has 0 aromatic rings. The van der Waals surface area contributed by atoms with Crippen LogP contribution in [0.2, 0.25) is 0 Å². The van der Waals surface area contributed by atoms with E-state index in [-0.39, 0.29) is 0 Å². The average Bonchev–Trinajstić information content (AvgIpc) is 2.43.